The first-order valence-corrected chi connectivity index (χ1v) is 5.85. The van der Waals surface area contributed by atoms with E-state index < -0.39 is 0 Å². The Hall–Kier alpha value is -0.120. The maximum absolute atomic E-state index is 9.85. The molecule has 1 saturated carbocycles. The number of nitrogens with zero attached hydrogens (tertiary/aromatic N) is 1. The van der Waals surface area contributed by atoms with Gasteiger partial charge in [0.15, 0.2) is 0 Å². The summed E-state index contributed by atoms with van der Waals surface area (Å²) in [4.78, 5) is 2.48. The van der Waals surface area contributed by atoms with Gasteiger partial charge in [0.2, 0.25) is 0 Å². The first kappa shape index (κ1) is 10.4. The third-order valence-corrected chi connectivity index (χ3v) is 3.50. The standard InChI is InChI=1S/C11H22N2O/c1-8-6-13(7-9(2)12-8)10-4-3-5-11(10)14/h8-12,14H,3-7H2,1-2H3/t8?,9?,10-,11-/m0/s1. The zero-order valence-corrected chi connectivity index (χ0v) is 9.24. The highest BCUT2D eigenvalue weighted by molar-refractivity contribution is 4.91. The molecule has 0 bridgehead atoms. The fourth-order valence-electron chi connectivity index (χ4n) is 2.99. The van der Waals surface area contributed by atoms with Crippen molar-refractivity contribution in [2.45, 2.75) is 57.3 Å². The molecule has 0 aromatic rings. The molecule has 0 radical (unpaired) electrons. The SMILES string of the molecule is CC1CN([C@H]2CCC[C@@H]2O)CC(C)N1. The molecule has 4 atom stereocenters. The van der Waals surface area contributed by atoms with Crippen molar-refractivity contribution in [2.75, 3.05) is 13.1 Å². The fourth-order valence-corrected chi connectivity index (χ4v) is 2.99. The molecule has 2 fully saturated rings. The van der Waals surface area contributed by atoms with Crippen molar-refractivity contribution >= 4 is 0 Å². The quantitative estimate of drug-likeness (QED) is 0.647. The number of aliphatic hydroxyl groups is 1. The van der Waals surface area contributed by atoms with Crippen LogP contribution < -0.4 is 5.32 Å². The lowest BCUT2D eigenvalue weighted by Gasteiger charge is -2.40. The van der Waals surface area contributed by atoms with Crippen LogP contribution >= 0.6 is 0 Å². The molecule has 3 heteroatoms. The Bertz CT molecular complexity index is 188. The molecule has 2 rings (SSSR count). The minimum Gasteiger partial charge on any atom is -0.391 e. The van der Waals surface area contributed by atoms with Crippen molar-refractivity contribution in [2.24, 2.45) is 0 Å². The lowest BCUT2D eigenvalue weighted by molar-refractivity contribution is 0.0439. The van der Waals surface area contributed by atoms with Crippen molar-refractivity contribution in [1.82, 2.24) is 10.2 Å². The van der Waals surface area contributed by atoms with Crippen LogP contribution in [0, 0.1) is 0 Å². The second kappa shape index (κ2) is 4.17. The van der Waals surface area contributed by atoms with Gasteiger partial charge in [-0.05, 0) is 33.1 Å². The van der Waals surface area contributed by atoms with Crippen molar-refractivity contribution in [3.05, 3.63) is 0 Å². The third-order valence-electron chi connectivity index (χ3n) is 3.50. The number of piperazine rings is 1. The van der Waals surface area contributed by atoms with E-state index in [1.807, 2.05) is 0 Å². The minimum atomic E-state index is -0.0764. The Morgan fingerprint density at radius 1 is 1.14 bits per heavy atom. The van der Waals surface area contributed by atoms with Gasteiger partial charge < -0.3 is 10.4 Å². The van der Waals surface area contributed by atoms with Crippen LogP contribution in [-0.2, 0) is 0 Å². The van der Waals surface area contributed by atoms with E-state index in [1.54, 1.807) is 0 Å². The molecule has 2 unspecified atom stereocenters. The van der Waals surface area contributed by atoms with E-state index in [9.17, 15) is 5.11 Å². The predicted octanol–water partition coefficient (Wildman–Crippen LogP) is 0.582. The second-order valence-corrected chi connectivity index (χ2v) is 4.99. The second-order valence-electron chi connectivity index (χ2n) is 4.99. The Morgan fingerprint density at radius 3 is 2.29 bits per heavy atom. The van der Waals surface area contributed by atoms with E-state index in [-0.39, 0.29) is 6.10 Å². The average molecular weight is 198 g/mol. The Morgan fingerprint density at radius 2 is 1.79 bits per heavy atom. The molecule has 1 aliphatic carbocycles. The minimum absolute atomic E-state index is 0.0764. The van der Waals surface area contributed by atoms with Crippen LogP contribution in [0.2, 0.25) is 0 Å². The van der Waals surface area contributed by atoms with Crippen molar-refractivity contribution in [1.29, 1.82) is 0 Å². The normalized spacial score (nSPS) is 45.6. The van der Waals surface area contributed by atoms with Gasteiger partial charge in [-0.3, -0.25) is 4.90 Å². The smallest absolute Gasteiger partial charge is 0.0695 e. The molecule has 1 saturated heterocycles. The van der Waals surface area contributed by atoms with Crippen LogP contribution in [0.3, 0.4) is 0 Å². The van der Waals surface area contributed by atoms with Gasteiger partial charge >= 0.3 is 0 Å². The first-order chi connectivity index (χ1) is 6.66. The fraction of sp³-hybridized carbons (Fsp3) is 1.00. The molecule has 0 aromatic carbocycles. The molecule has 0 aromatic heterocycles. The maximum Gasteiger partial charge on any atom is 0.0695 e. The molecule has 1 heterocycles. The summed E-state index contributed by atoms with van der Waals surface area (Å²) in [5.74, 6) is 0. The zero-order chi connectivity index (χ0) is 10.1. The number of hydrogen-bond acceptors (Lipinski definition) is 3. The van der Waals surface area contributed by atoms with Gasteiger partial charge in [-0.15, -0.1) is 0 Å². The number of rotatable bonds is 1. The summed E-state index contributed by atoms with van der Waals surface area (Å²) in [7, 11) is 0. The van der Waals surface area contributed by atoms with E-state index in [2.05, 4.69) is 24.1 Å². The van der Waals surface area contributed by atoms with E-state index >= 15 is 0 Å². The summed E-state index contributed by atoms with van der Waals surface area (Å²) < 4.78 is 0. The molecule has 82 valence electrons. The summed E-state index contributed by atoms with van der Waals surface area (Å²) in [6, 6.07) is 1.56. The monoisotopic (exact) mass is 198 g/mol. The van der Waals surface area contributed by atoms with Crippen LogP contribution in [0.4, 0.5) is 0 Å². The lowest BCUT2D eigenvalue weighted by atomic mass is 10.1. The summed E-state index contributed by atoms with van der Waals surface area (Å²) in [5, 5.41) is 13.4. The van der Waals surface area contributed by atoms with Gasteiger partial charge in [0.25, 0.3) is 0 Å². The van der Waals surface area contributed by atoms with Crippen LogP contribution in [0.1, 0.15) is 33.1 Å². The summed E-state index contributed by atoms with van der Waals surface area (Å²) >= 11 is 0. The first-order valence-electron chi connectivity index (χ1n) is 5.85. The van der Waals surface area contributed by atoms with Gasteiger partial charge in [-0.2, -0.15) is 0 Å². The third kappa shape index (κ3) is 2.10. The van der Waals surface area contributed by atoms with Crippen LogP contribution in [0.5, 0.6) is 0 Å². The summed E-state index contributed by atoms with van der Waals surface area (Å²) in [6.45, 7) is 6.63. The molecule has 1 aliphatic heterocycles. The Kier molecular flexibility index (Phi) is 3.10. The topological polar surface area (TPSA) is 35.5 Å². The molecule has 2 aliphatic rings. The van der Waals surface area contributed by atoms with Crippen molar-refractivity contribution in [3.8, 4) is 0 Å². The van der Waals surface area contributed by atoms with E-state index in [0.717, 1.165) is 19.5 Å². The van der Waals surface area contributed by atoms with Gasteiger partial charge in [0.1, 0.15) is 0 Å². The molecule has 0 amide bonds. The molecular weight excluding hydrogens is 176 g/mol. The number of nitrogens with one attached hydrogen (secondary N) is 1. The average Bonchev–Trinajstić information content (AvgIpc) is 2.49. The van der Waals surface area contributed by atoms with Gasteiger partial charge in [0, 0.05) is 31.2 Å². The van der Waals surface area contributed by atoms with Crippen LogP contribution in [-0.4, -0.2) is 47.3 Å². The highest BCUT2D eigenvalue weighted by atomic mass is 16.3. The highest BCUT2D eigenvalue weighted by Gasteiger charge is 2.33. The van der Waals surface area contributed by atoms with Gasteiger partial charge in [-0.25, -0.2) is 0 Å². The highest BCUT2D eigenvalue weighted by Crippen LogP contribution is 2.25. The van der Waals surface area contributed by atoms with Gasteiger partial charge in [-0.1, -0.05) is 0 Å². The van der Waals surface area contributed by atoms with E-state index in [1.165, 1.54) is 12.8 Å². The van der Waals surface area contributed by atoms with E-state index in [0.29, 0.717) is 18.1 Å². The van der Waals surface area contributed by atoms with Crippen LogP contribution in [0.25, 0.3) is 0 Å². The van der Waals surface area contributed by atoms with Gasteiger partial charge in [0.05, 0.1) is 6.10 Å². The lowest BCUT2D eigenvalue weighted by Crippen LogP contribution is -2.58. The molecule has 3 nitrogen and oxygen atoms in total. The predicted molar refractivity (Wildman–Crippen MR) is 57.3 cm³/mol. The van der Waals surface area contributed by atoms with Crippen LogP contribution in [0.15, 0.2) is 0 Å². The number of aliphatic hydroxyl groups excluding tert-OH is 1. The molecule has 2 N–H and O–H groups in total. The molecule has 14 heavy (non-hydrogen) atoms. The largest absolute Gasteiger partial charge is 0.391 e. The Labute approximate surface area is 86.5 Å². The number of hydrogen-bond donors (Lipinski definition) is 2. The van der Waals surface area contributed by atoms with E-state index in [4.69, 9.17) is 0 Å². The summed E-state index contributed by atoms with van der Waals surface area (Å²) in [5.41, 5.74) is 0. The van der Waals surface area contributed by atoms with Crippen molar-refractivity contribution < 1.29 is 5.11 Å². The Balaban J connectivity index is 1.95. The summed E-state index contributed by atoms with van der Waals surface area (Å²) in [6.07, 6.45) is 3.30. The van der Waals surface area contributed by atoms with Crippen molar-refractivity contribution in [3.63, 3.8) is 0 Å². The zero-order valence-electron chi connectivity index (χ0n) is 9.24. The maximum atomic E-state index is 9.85. The molecule has 0 spiro atoms. The molecular formula is C11H22N2O.